The van der Waals surface area contributed by atoms with Crippen molar-refractivity contribution in [3.8, 4) is 0 Å². The van der Waals surface area contributed by atoms with Crippen LogP contribution in [0.15, 0.2) is 79.0 Å². The average Bonchev–Trinajstić information content (AvgIpc) is 3.11. The summed E-state index contributed by atoms with van der Waals surface area (Å²) in [6.45, 7) is 1.85. The number of likely N-dealkylation sites (N-methyl/N-ethyl adjacent to an activating group) is 1. The minimum Gasteiger partial charge on any atom is -0.361 e. The fraction of sp³-hybridized carbons (Fsp3) is 0.130. The summed E-state index contributed by atoms with van der Waals surface area (Å²) in [5.74, 6) is 0. The van der Waals surface area contributed by atoms with Gasteiger partial charge in [0.1, 0.15) is 0 Å². The van der Waals surface area contributed by atoms with E-state index in [0.29, 0.717) is 0 Å². The maximum atomic E-state index is 3.35. The Kier molecular flexibility index (Phi) is 5.77. The molecule has 0 saturated carbocycles. The molecule has 0 fully saturated rings. The second kappa shape index (κ2) is 8.22. The molecule has 26 heavy (non-hydrogen) atoms. The molecule has 3 heteroatoms. The van der Waals surface area contributed by atoms with E-state index in [0.717, 1.165) is 13.1 Å². The number of benzene rings is 3. The second-order valence-corrected chi connectivity index (χ2v) is 6.56. The summed E-state index contributed by atoms with van der Waals surface area (Å²) in [4.78, 5) is 5.67. The maximum Gasteiger partial charge on any atom is 0.0499 e. The van der Waals surface area contributed by atoms with Gasteiger partial charge in [0.25, 0.3) is 0 Å². The van der Waals surface area contributed by atoms with Crippen molar-refractivity contribution in [2.75, 3.05) is 13.6 Å². The first kappa shape index (κ1) is 18.2. The van der Waals surface area contributed by atoms with Crippen molar-refractivity contribution >= 4 is 40.2 Å². The van der Waals surface area contributed by atoms with Gasteiger partial charge < -0.3 is 4.98 Å². The molecule has 0 saturated heterocycles. The second-order valence-electron chi connectivity index (χ2n) is 6.56. The Hall–Kier alpha value is -2.55. The van der Waals surface area contributed by atoms with E-state index >= 15 is 0 Å². The Balaban J connectivity index is 0.00000196. The molecular weight excluding hydrogens is 340 g/mol. The maximum absolute atomic E-state index is 3.35. The predicted octanol–water partition coefficient (Wildman–Crippen LogP) is 5.89. The van der Waals surface area contributed by atoms with E-state index in [2.05, 4.69) is 95.8 Å². The van der Waals surface area contributed by atoms with Crippen LogP contribution in [-0.4, -0.2) is 23.5 Å². The molecular formula is C23H23ClN2. The summed E-state index contributed by atoms with van der Waals surface area (Å²) in [6, 6.07) is 23.7. The molecule has 2 nitrogen and oxygen atoms in total. The van der Waals surface area contributed by atoms with E-state index in [-0.39, 0.29) is 12.4 Å². The number of halogens is 1. The van der Waals surface area contributed by atoms with Gasteiger partial charge in [-0.15, -0.1) is 12.4 Å². The Morgan fingerprint density at radius 2 is 1.69 bits per heavy atom. The molecule has 1 N–H and O–H groups in total. The normalized spacial score (nSPS) is 11.5. The minimum absolute atomic E-state index is 0. The Morgan fingerprint density at radius 3 is 2.58 bits per heavy atom. The van der Waals surface area contributed by atoms with Crippen molar-refractivity contribution < 1.29 is 0 Å². The van der Waals surface area contributed by atoms with Gasteiger partial charge in [-0.1, -0.05) is 66.7 Å². The first-order valence-corrected chi connectivity index (χ1v) is 8.68. The van der Waals surface area contributed by atoms with Crippen molar-refractivity contribution in [3.05, 3.63) is 90.1 Å². The van der Waals surface area contributed by atoms with Crippen LogP contribution in [0.3, 0.4) is 0 Å². The number of hydrogen-bond acceptors (Lipinski definition) is 1. The number of hydrogen-bond donors (Lipinski definition) is 1. The summed E-state index contributed by atoms with van der Waals surface area (Å²) in [6.07, 6.45) is 6.45. The summed E-state index contributed by atoms with van der Waals surface area (Å²) in [7, 11) is 2.16. The molecule has 0 atom stereocenters. The largest absolute Gasteiger partial charge is 0.361 e. The lowest BCUT2D eigenvalue weighted by Gasteiger charge is -2.15. The van der Waals surface area contributed by atoms with E-state index in [1.54, 1.807) is 0 Å². The van der Waals surface area contributed by atoms with E-state index in [1.807, 2.05) is 6.20 Å². The monoisotopic (exact) mass is 362 g/mol. The number of nitrogens with zero attached hydrogens (tertiary/aromatic N) is 1. The topological polar surface area (TPSA) is 19.0 Å². The molecule has 0 aliphatic rings. The van der Waals surface area contributed by atoms with Crippen LogP contribution in [0.25, 0.3) is 27.8 Å². The lowest BCUT2D eigenvalue weighted by Crippen LogP contribution is -2.17. The van der Waals surface area contributed by atoms with Gasteiger partial charge in [0.15, 0.2) is 0 Å². The molecule has 3 aromatic carbocycles. The minimum atomic E-state index is 0. The number of para-hydroxylation sites is 1. The van der Waals surface area contributed by atoms with Gasteiger partial charge >= 0.3 is 0 Å². The highest BCUT2D eigenvalue weighted by Gasteiger charge is 2.04. The smallest absolute Gasteiger partial charge is 0.0499 e. The van der Waals surface area contributed by atoms with Gasteiger partial charge in [0.2, 0.25) is 0 Å². The summed E-state index contributed by atoms with van der Waals surface area (Å²) < 4.78 is 0. The van der Waals surface area contributed by atoms with Crippen molar-refractivity contribution in [1.29, 1.82) is 0 Å². The summed E-state index contributed by atoms with van der Waals surface area (Å²) >= 11 is 0. The number of nitrogens with one attached hydrogen (secondary N) is 1. The van der Waals surface area contributed by atoms with Gasteiger partial charge in [-0.2, -0.15) is 0 Å². The summed E-state index contributed by atoms with van der Waals surface area (Å²) in [5, 5.41) is 3.85. The zero-order valence-electron chi connectivity index (χ0n) is 14.9. The molecule has 0 bridgehead atoms. The van der Waals surface area contributed by atoms with Crippen LogP contribution in [0.4, 0.5) is 0 Å². The Labute approximate surface area is 160 Å². The van der Waals surface area contributed by atoms with Crippen LogP contribution in [0.2, 0.25) is 0 Å². The fourth-order valence-electron chi connectivity index (χ4n) is 3.32. The first-order chi connectivity index (χ1) is 12.3. The molecule has 4 aromatic rings. The zero-order chi connectivity index (χ0) is 17.1. The van der Waals surface area contributed by atoms with Gasteiger partial charge in [-0.3, -0.25) is 4.90 Å². The van der Waals surface area contributed by atoms with E-state index < -0.39 is 0 Å². The zero-order valence-corrected chi connectivity index (χ0v) is 15.7. The predicted molar refractivity (Wildman–Crippen MR) is 115 cm³/mol. The van der Waals surface area contributed by atoms with Crippen molar-refractivity contribution in [3.63, 3.8) is 0 Å². The van der Waals surface area contributed by atoms with Crippen molar-refractivity contribution in [2.45, 2.75) is 6.54 Å². The average molecular weight is 363 g/mol. The van der Waals surface area contributed by atoms with Crippen LogP contribution in [0.1, 0.15) is 11.1 Å². The highest BCUT2D eigenvalue weighted by atomic mass is 35.5. The third-order valence-electron chi connectivity index (χ3n) is 4.61. The Bertz CT molecular complexity index is 1030. The molecule has 132 valence electrons. The lowest BCUT2D eigenvalue weighted by molar-refractivity contribution is 0.365. The third kappa shape index (κ3) is 3.98. The van der Waals surface area contributed by atoms with Crippen LogP contribution in [0.5, 0.6) is 0 Å². The number of fused-ring (bicyclic) bond motifs is 2. The molecule has 0 aliphatic heterocycles. The fourth-order valence-corrected chi connectivity index (χ4v) is 3.32. The van der Waals surface area contributed by atoms with Crippen molar-refractivity contribution in [2.24, 2.45) is 0 Å². The molecule has 1 aromatic heterocycles. The summed E-state index contributed by atoms with van der Waals surface area (Å²) in [5.41, 5.74) is 3.83. The SMILES string of the molecule is CN(C/C=C/c1ccc2ccccc2c1)Cc1cccc2cc[nH]c12.Cl. The van der Waals surface area contributed by atoms with Crippen LogP contribution in [-0.2, 0) is 6.54 Å². The number of H-pyrrole nitrogens is 1. The van der Waals surface area contributed by atoms with Gasteiger partial charge in [-0.05, 0) is 46.5 Å². The highest BCUT2D eigenvalue weighted by molar-refractivity contribution is 5.85. The van der Waals surface area contributed by atoms with E-state index in [4.69, 9.17) is 0 Å². The highest BCUT2D eigenvalue weighted by Crippen LogP contribution is 2.19. The first-order valence-electron chi connectivity index (χ1n) is 8.68. The molecule has 4 rings (SSSR count). The Morgan fingerprint density at radius 1 is 0.885 bits per heavy atom. The van der Waals surface area contributed by atoms with E-state index in [9.17, 15) is 0 Å². The number of aromatic nitrogens is 1. The van der Waals surface area contributed by atoms with Crippen LogP contribution < -0.4 is 0 Å². The number of rotatable bonds is 5. The van der Waals surface area contributed by atoms with Crippen LogP contribution >= 0.6 is 12.4 Å². The third-order valence-corrected chi connectivity index (χ3v) is 4.61. The molecule has 0 aliphatic carbocycles. The molecule has 0 unspecified atom stereocenters. The number of aromatic amines is 1. The molecule has 0 radical (unpaired) electrons. The van der Waals surface area contributed by atoms with E-state index in [1.165, 1.54) is 32.8 Å². The van der Waals surface area contributed by atoms with Gasteiger partial charge in [0, 0.05) is 24.8 Å². The molecule has 1 heterocycles. The standard InChI is InChI=1S/C23H22N2.ClH/c1-25(17-22-10-4-9-20-13-14-24-23(20)22)15-5-6-18-11-12-19-7-2-3-8-21(19)16-18;/h2-14,16,24H,15,17H2,1H3;1H/b6-5+;. The van der Waals surface area contributed by atoms with Gasteiger partial charge in [-0.25, -0.2) is 0 Å². The molecule has 0 spiro atoms. The lowest BCUT2D eigenvalue weighted by atomic mass is 10.1. The van der Waals surface area contributed by atoms with Crippen LogP contribution in [0, 0.1) is 0 Å². The van der Waals surface area contributed by atoms with Gasteiger partial charge in [0.05, 0.1) is 0 Å². The quantitative estimate of drug-likeness (QED) is 0.469. The van der Waals surface area contributed by atoms with Crippen molar-refractivity contribution in [1.82, 2.24) is 9.88 Å². The molecule has 0 amide bonds.